The number of fused-ring (bicyclic) bond motifs is 1. The number of ether oxygens (including phenoxy) is 1. The molecule has 0 N–H and O–H groups in total. The van der Waals surface area contributed by atoms with Crippen LogP contribution in [0.4, 0.5) is 80.3 Å². The number of halogens is 18. The number of esters is 1. The van der Waals surface area contributed by atoms with Gasteiger partial charge in [0.05, 0.1) is 7.11 Å². The number of amides is 1. The van der Waals surface area contributed by atoms with Gasteiger partial charge in [-0.3, -0.25) is 9.59 Å². The highest BCUT2D eigenvalue weighted by molar-refractivity contribution is 9.10. The zero-order valence-corrected chi connectivity index (χ0v) is 26.3. The highest BCUT2D eigenvalue weighted by atomic mass is 79.9. The number of benzene rings is 1. The first-order valence-corrected chi connectivity index (χ1v) is 14.7. The Morgan fingerprint density at radius 2 is 1.29 bits per heavy atom. The molecule has 1 aromatic rings. The van der Waals surface area contributed by atoms with E-state index in [0.29, 0.717) is 0 Å². The van der Waals surface area contributed by atoms with Gasteiger partial charge in [-0.1, -0.05) is 22.9 Å². The van der Waals surface area contributed by atoms with Gasteiger partial charge in [0.15, 0.2) is 0 Å². The van der Waals surface area contributed by atoms with Crippen molar-refractivity contribution in [3.05, 3.63) is 28.2 Å². The summed E-state index contributed by atoms with van der Waals surface area (Å²) in [5.74, 6) is -60.6. The van der Waals surface area contributed by atoms with Crippen molar-refractivity contribution in [3.63, 3.8) is 0 Å². The molecule has 1 aromatic carbocycles. The lowest BCUT2D eigenvalue weighted by Gasteiger charge is -2.43. The van der Waals surface area contributed by atoms with Crippen molar-refractivity contribution >= 4 is 45.3 Å². The SMILES string of the molecule is CCCN1C(=O)C(CCC(=O)OC)(SCCC(F)(F)C(F)(F)C(F)(F)C(F)(F)C(F)(F)C(F)(F)C(F)(F)C(F)(F)F)c2cc(Br)ccc21. The molecule has 0 bridgehead atoms. The number of carbonyl (C=O) groups excluding carboxylic acids is 2. The van der Waals surface area contributed by atoms with E-state index >= 15 is 0 Å². The van der Waals surface area contributed by atoms with Crippen LogP contribution in [0.3, 0.4) is 0 Å². The van der Waals surface area contributed by atoms with Gasteiger partial charge in [0.2, 0.25) is 5.91 Å². The van der Waals surface area contributed by atoms with E-state index in [1.54, 1.807) is 6.92 Å². The Kier molecular flexibility index (Phi) is 11.5. The average molecular weight is 818 g/mol. The molecule has 0 aliphatic carbocycles. The van der Waals surface area contributed by atoms with Crippen molar-refractivity contribution < 1.29 is 89.0 Å². The van der Waals surface area contributed by atoms with E-state index in [1.807, 2.05) is 0 Å². The Labute approximate surface area is 271 Å². The summed E-state index contributed by atoms with van der Waals surface area (Å²) in [4.78, 5) is 26.5. The topological polar surface area (TPSA) is 46.6 Å². The molecule has 276 valence electrons. The predicted octanol–water partition coefficient (Wildman–Crippen LogP) is 9.49. The molecule has 4 nitrogen and oxygen atoms in total. The summed E-state index contributed by atoms with van der Waals surface area (Å²) >= 11 is 3.07. The number of rotatable bonds is 15. The summed E-state index contributed by atoms with van der Waals surface area (Å²) in [6.07, 6.45) is -11.6. The third kappa shape index (κ3) is 6.31. The Hall–Kier alpha value is -2.20. The number of methoxy groups -OCH3 is 1. The molecule has 1 heterocycles. The van der Waals surface area contributed by atoms with Crippen molar-refractivity contribution in [1.82, 2.24) is 0 Å². The van der Waals surface area contributed by atoms with Crippen molar-refractivity contribution in [2.24, 2.45) is 0 Å². The van der Waals surface area contributed by atoms with E-state index in [4.69, 9.17) is 0 Å². The molecule has 0 fully saturated rings. The van der Waals surface area contributed by atoms with Gasteiger partial charge < -0.3 is 9.64 Å². The second kappa shape index (κ2) is 13.2. The smallest absolute Gasteiger partial charge is 0.460 e. The first kappa shape index (κ1) is 42.0. The molecule has 0 spiro atoms. The van der Waals surface area contributed by atoms with E-state index in [1.165, 1.54) is 18.2 Å². The fourth-order valence-electron chi connectivity index (χ4n) is 4.50. The summed E-state index contributed by atoms with van der Waals surface area (Å²) in [6, 6.07) is 4.00. The van der Waals surface area contributed by atoms with Crippen LogP contribution >= 0.6 is 27.7 Å². The van der Waals surface area contributed by atoms with Gasteiger partial charge in [-0.05, 0) is 31.0 Å². The Balaban J connectivity index is 2.54. The quantitative estimate of drug-likeness (QED) is 0.131. The van der Waals surface area contributed by atoms with E-state index < -0.39 is 89.3 Å². The van der Waals surface area contributed by atoms with Crippen LogP contribution in [0.25, 0.3) is 0 Å². The van der Waals surface area contributed by atoms with Crippen LogP contribution < -0.4 is 4.90 Å². The maximum atomic E-state index is 14.6. The molecule has 1 amide bonds. The second-order valence-corrected chi connectivity index (χ2v) is 12.6. The minimum atomic E-state index is -8.72. The van der Waals surface area contributed by atoms with Crippen LogP contribution in [-0.2, 0) is 19.1 Å². The van der Waals surface area contributed by atoms with Gasteiger partial charge >= 0.3 is 53.6 Å². The summed E-state index contributed by atoms with van der Waals surface area (Å²) in [5.41, 5.74) is 0.0770. The lowest BCUT2D eigenvalue weighted by Crippen LogP contribution is -2.74. The molecule has 1 unspecified atom stereocenters. The number of nitrogens with zero attached hydrogens (tertiary/aromatic N) is 1. The zero-order chi connectivity index (χ0) is 37.7. The number of anilines is 1. The molecule has 0 radical (unpaired) electrons. The number of carbonyl (C=O) groups is 2. The molecular weight excluding hydrogens is 797 g/mol. The van der Waals surface area contributed by atoms with Gasteiger partial charge in [-0.2, -0.15) is 74.6 Å². The van der Waals surface area contributed by atoms with E-state index in [9.17, 15) is 84.2 Å². The molecule has 0 saturated heterocycles. The second-order valence-electron chi connectivity index (χ2n) is 10.3. The minimum Gasteiger partial charge on any atom is -0.469 e. The van der Waals surface area contributed by atoms with Gasteiger partial charge in [0.25, 0.3) is 0 Å². The van der Waals surface area contributed by atoms with Crippen LogP contribution in [0, 0.1) is 0 Å². The third-order valence-corrected chi connectivity index (χ3v) is 9.18. The van der Waals surface area contributed by atoms with E-state index in [2.05, 4.69) is 20.7 Å². The Bertz CT molecular complexity index is 1370. The lowest BCUT2D eigenvalue weighted by molar-refractivity contribution is -0.461. The van der Waals surface area contributed by atoms with E-state index in [-0.39, 0.29) is 40.5 Å². The maximum absolute atomic E-state index is 14.6. The molecule has 0 aromatic heterocycles. The standard InChI is InChI=1S/C25H21BrF17NO3S/c1-3-9-44-14-5-4-12(26)11-13(14)17(16(44)46,7-6-15(45)47-2)48-10-8-18(27,28)19(29,30)20(31,32)21(33,34)22(35,36)23(37,38)24(39,40)25(41,42)43/h4-5,11H,3,6-10H2,1-2H3. The number of hydrogen-bond donors (Lipinski definition) is 0. The predicted molar refractivity (Wildman–Crippen MR) is 137 cm³/mol. The number of hydrogen-bond acceptors (Lipinski definition) is 4. The highest BCUT2D eigenvalue weighted by Gasteiger charge is 2.95. The summed E-state index contributed by atoms with van der Waals surface area (Å²) in [7, 11) is 0.911. The van der Waals surface area contributed by atoms with Crippen LogP contribution in [-0.4, -0.2) is 78.9 Å². The molecule has 1 aliphatic heterocycles. The molecule has 48 heavy (non-hydrogen) atoms. The van der Waals surface area contributed by atoms with Crippen molar-refractivity contribution in [1.29, 1.82) is 0 Å². The molecular formula is C25H21BrF17NO3S. The molecule has 2 rings (SSSR count). The number of alkyl halides is 17. The maximum Gasteiger partial charge on any atom is 0.460 e. The van der Waals surface area contributed by atoms with Crippen molar-refractivity contribution in [2.75, 3.05) is 24.3 Å². The van der Waals surface area contributed by atoms with Crippen LogP contribution in [0.5, 0.6) is 0 Å². The van der Waals surface area contributed by atoms with Crippen LogP contribution in [0.2, 0.25) is 0 Å². The zero-order valence-electron chi connectivity index (χ0n) is 23.9. The molecule has 23 heteroatoms. The van der Waals surface area contributed by atoms with Crippen molar-refractivity contribution in [3.8, 4) is 0 Å². The van der Waals surface area contributed by atoms with Crippen LogP contribution in [0.1, 0.15) is 38.2 Å². The molecule has 1 aliphatic rings. The first-order valence-electron chi connectivity index (χ1n) is 12.9. The molecule has 1 atom stereocenters. The van der Waals surface area contributed by atoms with Gasteiger partial charge in [-0.25, -0.2) is 0 Å². The fourth-order valence-corrected chi connectivity index (χ4v) is 6.36. The van der Waals surface area contributed by atoms with Crippen molar-refractivity contribution in [2.45, 2.75) is 85.0 Å². The van der Waals surface area contributed by atoms with Gasteiger partial charge in [0.1, 0.15) is 4.75 Å². The molecule has 0 saturated carbocycles. The minimum absolute atomic E-state index is 0.00780. The average Bonchev–Trinajstić information content (AvgIpc) is 3.17. The van der Waals surface area contributed by atoms with Gasteiger partial charge in [-0.15, -0.1) is 11.8 Å². The monoisotopic (exact) mass is 817 g/mol. The summed E-state index contributed by atoms with van der Waals surface area (Å²) in [6.45, 7) is 1.55. The highest BCUT2D eigenvalue weighted by Crippen LogP contribution is 2.64. The summed E-state index contributed by atoms with van der Waals surface area (Å²) in [5, 5.41) is 0. The third-order valence-electron chi connectivity index (χ3n) is 7.18. The van der Waals surface area contributed by atoms with Crippen LogP contribution in [0.15, 0.2) is 22.7 Å². The summed E-state index contributed by atoms with van der Waals surface area (Å²) < 4.78 is 235. The Morgan fingerprint density at radius 3 is 1.75 bits per heavy atom. The number of thioether (sulfide) groups is 1. The fraction of sp³-hybridized carbons (Fsp3) is 0.680. The van der Waals surface area contributed by atoms with Gasteiger partial charge in [0, 0.05) is 40.9 Å². The van der Waals surface area contributed by atoms with E-state index in [0.717, 1.165) is 12.0 Å². The normalized spacial score (nSPS) is 18.8. The first-order chi connectivity index (χ1) is 21.4. The lowest BCUT2D eigenvalue weighted by atomic mass is 9.88. The Morgan fingerprint density at radius 1 is 0.812 bits per heavy atom. The largest absolute Gasteiger partial charge is 0.469 e.